The van der Waals surface area contributed by atoms with Crippen molar-refractivity contribution < 1.29 is 4.79 Å². The minimum Gasteiger partial charge on any atom is -0.301 e. The number of hydrogen-bond acceptors (Lipinski definition) is 5. The van der Waals surface area contributed by atoms with E-state index in [0.717, 1.165) is 0 Å². The number of halogens is 1. The molecule has 0 N–H and O–H groups in total. The lowest BCUT2D eigenvalue weighted by atomic mass is 10.3. The molecule has 0 bridgehead atoms. The molecule has 0 aliphatic heterocycles. The fourth-order valence-corrected chi connectivity index (χ4v) is 2.32. The van der Waals surface area contributed by atoms with Crippen LogP contribution in [0.25, 0.3) is 11.0 Å². The summed E-state index contributed by atoms with van der Waals surface area (Å²) in [5, 5.41) is 0.513. The predicted octanol–water partition coefficient (Wildman–Crippen LogP) is 1.47. The largest absolute Gasteiger partial charge is 0.301 e. The summed E-state index contributed by atoms with van der Waals surface area (Å²) in [5.41, 5.74) is 0.497. The molecule has 2 heterocycles. The molecule has 2 aromatic heterocycles. The summed E-state index contributed by atoms with van der Waals surface area (Å²) in [6.07, 6.45) is 2.48. The molecule has 0 unspecified atom stereocenters. The first-order valence-electron chi connectivity index (χ1n) is 4.72. The van der Waals surface area contributed by atoms with E-state index in [0.29, 0.717) is 21.6 Å². The van der Waals surface area contributed by atoms with Gasteiger partial charge < -0.3 is 4.79 Å². The molecule has 5 nitrogen and oxygen atoms in total. The molecule has 2 aromatic rings. The standard InChI is InChI=1S/C10H8BrN3O2S/c1-17-10-12-6-2-3-7(11)13-8(6)9(16)14(10)4-5-15/h2-3,5H,4H2,1H3. The van der Waals surface area contributed by atoms with Gasteiger partial charge in [-0.1, -0.05) is 11.8 Å². The lowest BCUT2D eigenvalue weighted by molar-refractivity contribution is -0.108. The Balaban J connectivity index is 2.83. The first-order valence-corrected chi connectivity index (χ1v) is 6.74. The highest BCUT2D eigenvalue weighted by molar-refractivity contribution is 9.10. The molecule has 0 fully saturated rings. The lowest BCUT2D eigenvalue weighted by Crippen LogP contribution is -2.24. The average molecular weight is 314 g/mol. The van der Waals surface area contributed by atoms with Crippen LogP contribution in [0, 0.1) is 0 Å². The Morgan fingerprint density at radius 3 is 2.88 bits per heavy atom. The number of carbonyl (C=O) groups excluding carboxylic acids is 1. The van der Waals surface area contributed by atoms with Gasteiger partial charge in [-0.15, -0.1) is 0 Å². The third kappa shape index (κ3) is 2.25. The molecule has 0 amide bonds. The van der Waals surface area contributed by atoms with Crippen molar-refractivity contribution in [3.8, 4) is 0 Å². The van der Waals surface area contributed by atoms with Crippen molar-refractivity contribution in [1.82, 2.24) is 14.5 Å². The molecule has 0 aromatic carbocycles. The molecular weight excluding hydrogens is 306 g/mol. The van der Waals surface area contributed by atoms with E-state index < -0.39 is 0 Å². The molecule has 17 heavy (non-hydrogen) atoms. The van der Waals surface area contributed by atoms with Gasteiger partial charge in [-0.05, 0) is 34.3 Å². The molecule has 0 aliphatic rings. The zero-order valence-electron chi connectivity index (χ0n) is 8.88. The minimum atomic E-state index is -0.298. The first-order chi connectivity index (χ1) is 8.17. The van der Waals surface area contributed by atoms with E-state index in [2.05, 4.69) is 25.9 Å². The van der Waals surface area contributed by atoms with E-state index >= 15 is 0 Å². The molecule has 0 spiro atoms. The van der Waals surface area contributed by atoms with Gasteiger partial charge in [0.2, 0.25) is 0 Å². The van der Waals surface area contributed by atoms with Gasteiger partial charge in [0.1, 0.15) is 10.9 Å². The Hall–Kier alpha value is -1.21. The highest BCUT2D eigenvalue weighted by Crippen LogP contribution is 2.15. The van der Waals surface area contributed by atoms with E-state index in [1.165, 1.54) is 16.3 Å². The van der Waals surface area contributed by atoms with E-state index in [9.17, 15) is 9.59 Å². The van der Waals surface area contributed by atoms with Gasteiger partial charge in [0, 0.05) is 0 Å². The van der Waals surface area contributed by atoms with Crippen LogP contribution in [0.15, 0.2) is 26.7 Å². The van der Waals surface area contributed by atoms with E-state index in [1.54, 1.807) is 18.4 Å². The molecule has 7 heteroatoms. The quantitative estimate of drug-likeness (QED) is 0.371. The summed E-state index contributed by atoms with van der Waals surface area (Å²) >= 11 is 4.53. The van der Waals surface area contributed by atoms with Crippen molar-refractivity contribution in [3.63, 3.8) is 0 Å². The maximum atomic E-state index is 12.1. The van der Waals surface area contributed by atoms with Gasteiger partial charge in [0.15, 0.2) is 10.7 Å². The molecule has 2 rings (SSSR count). The Kier molecular flexibility index (Phi) is 3.58. The smallest absolute Gasteiger partial charge is 0.281 e. The van der Waals surface area contributed by atoms with Crippen LogP contribution >= 0.6 is 27.7 Å². The number of rotatable bonds is 3. The lowest BCUT2D eigenvalue weighted by Gasteiger charge is -2.08. The summed E-state index contributed by atoms with van der Waals surface area (Å²) in [6, 6.07) is 3.45. The average Bonchev–Trinajstić information content (AvgIpc) is 2.33. The Bertz CT molecular complexity index is 641. The van der Waals surface area contributed by atoms with Crippen LogP contribution in [0.5, 0.6) is 0 Å². The van der Waals surface area contributed by atoms with Crippen molar-refractivity contribution >= 4 is 45.0 Å². The summed E-state index contributed by atoms with van der Waals surface area (Å²) in [5.74, 6) is 0. The zero-order chi connectivity index (χ0) is 12.4. The Morgan fingerprint density at radius 2 is 2.24 bits per heavy atom. The molecular formula is C10H8BrN3O2S. The Labute approximate surface area is 109 Å². The van der Waals surface area contributed by atoms with Gasteiger partial charge in [-0.2, -0.15) is 0 Å². The second-order valence-corrected chi connectivity index (χ2v) is 4.77. The van der Waals surface area contributed by atoms with Crippen molar-refractivity contribution in [2.24, 2.45) is 0 Å². The van der Waals surface area contributed by atoms with Gasteiger partial charge in [0.05, 0.1) is 12.1 Å². The maximum absolute atomic E-state index is 12.1. The highest BCUT2D eigenvalue weighted by Gasteiger charge is 2.11. The second-order valence-electron chi connectivity index (χ2n) is 3.18. The summed E-state index contributed by atoms with van der Waals surface area (Å²) in [6.45, 7) is -0.00780. The first kappa shape index (κ1) is 12.3. The van der Waals surface area contributed by atoms with Crippen molar-refractivity contribution in [3.05, 3.63) is 27.1 Å². The zero-order valence-corrected chi connectivity index (χ0v) is 11.3. The topological polar surface area (TPSA) is 64.8 Å². The van der Waals surface area contributed by atoms with Gasteiger partial charge >= 0.3 is 0 Å². The molecule has 88 valence electrons. The van der Waals surface area contributed by atoms with Crippen LogP contribution in [0.4, 0.5) is 0 Å². The predicted molar refractivity (Wildman–Crippen MR) is 69.3 cm³/mol. The number of aromatic nitrogens is 3. The van der Waals surface area contributed by atoms with E-state index in [4.69, 9.17) is 0 Å². The van der Waals surface area contributed by atoms with E-state index in [1.807, 2.05) is 0 Å². The number of hydrogen-bond donors (Lipinski definition) is 0. The number of fused-ring (bicyclic) bond motifs is 1. The van der Waals surface area contributed by atoms with Crippen LogP contribution in [-0.4, -0.2) is 27.1 Å². The monoisotopic (exact) mass is 313 g/mol. The van der Waals surface area contributed by atoms with Gasteiger partial charge in [-0.3, -0.25) is 9.36 Å². The third-order valence-corrected chi connectivity index (χ3v) is 3.29. The van der Waals surface area contributed by atoms with Crippen LogP contribution in [0.3, 0.4) is 0 Å². The van der Waals surface area contributed by atoms with E-state index in [-0.39, 0.29) is 17.6 Å². The maximum Gasteiger partial charge on any atom is 0.281 e. The highest BCUT2D eigenvalue weighted by atomic mass is 79.9. The molecule has 0 saturated carbocycles. The molecule has 0 radical (unpaired) electrons. The normalized spacial score (nSPS) is 10.7. The Morgan fingerprint density at radius 1 is 1.47 bits per heavy atom. The summed E-state index contributed by atoms with van der Waals surface area (Å²) < 4.78 is 1.89. The summed E-state index contributed by atoms with van der Waals surface area (Å²) in [7, 11) is 0. The van der Waals surface area contributed by atoms with Crippen LogP contribution in [-0.2, 0) is 11.3 Å². The summed E-state index contributed by atoms with van der Waals surface area (Å²) in [4.78, 5) is 31.1. The van der Waals surface area contributed by atoms with Crippen LogP contribution < -0.4 is 5.56 Å². The van der Waals surface area contributed by atoms with Crippen molar-refractivity contribution in [2.75, 3.05) is 6.26 Å². The van der Waals surface area contributed by atoms with Crippen LogP contribution in [0.2, 0.25) is 0 Å². The molecule has 0 saturated heterocycles. The number of nitrogens with zero attached hydrogens (tertiary/aromatic N) is 3. The van der Waals surface area contributed by atoms with Gasteiger partial charge in [0.25, 0.3) is 5.56 Å². The third-order valence-electron chi connectivity index (χ3n) is 2.17. The van der Waals surface area contributed by atoms with Gasteiger partial charge in [-0.25, -0.2) is 9.97 Å². The van der Waals surface area contributed by atoms with Crippen molar-refractivity contribution in [2.45, 2.75) is 11.7 Å². The van der Waals surface area contributed by atoms with Crippen LogP contribution in [0.1, 0.15) is 0 Å². The van der Waals surface area contributed by atoms with Crippen molar-refractivity contribution in [1.29, 1.82) is 0 Å². The molecule has 0 aliphatic carbocycles. The number of thioether (sulfide) groups is 1. The number of aldehydes is 1. The fourth-order valence-electron chi connectivity index (χ4n) is 1.45. The number of carbonyl (C=O) groups is 1. The SMILES string of the molecule is CSc1nc2ccc(Br)nc2c(=O)n1CC=O. The number of pyridine rings is 1. The fraction of sp³-hybridized carbons (Fsp3) is 0.200. The second kappa shape index (κ2) is 4.97. The minimum absolute atomic E-state index is 0.00780. The molecule has 0 atom stereocenters.